The van der Waals surface area contributed by atoms with Crippen LogP contribution in [0.5, 0.6) is 0 Å². The zero-order chi connectivity index (χ0) is 14.8. The molecule has 5 nitrogen and oxygen atoms in total. The van der Waals surface area contributed by atoms with Crippen LogP contribution >= 0.6 is 0 Å². The Labute approximate surface area is 120 Å². The van der Waals surface area contributed by atoms with Crippen molar-refractivity contribution in [2.75, 3.05) is 33.2 Å². The van der Waals surface area contributed by atoms with Gasteiger partial charge in [0.05, 0.1) is 0 Å². The third-order valence-electron chi connectivity index (χ3n) is 4.09. The molecule has 1 saturated heterocycles. The Morgan fingerprint density at radius 1 is 1.25 bits per heavy atom. The number of carbonyl (C=O) groups is 1. The van der Waals surface area contributed by atoms with E-state index < -0.39 is 11.6 Å². The van der Waals surface area contributed by atoms with Crippen LogP contribution in [0, 0.1) is 0 Å². The van der Waals surface area contributed by atoms with Crippen LogP contribution in [0.3, 0.4) is 0 Å². The number of nitrogens with two attached hydrogens (primary N) is 1. The monoisotopic (exact) mass is 277 g/mol. The average molecular weight is 277 g/mol. The highest BCUT2D eigenvalue weighted by Gasteiger charge is 2.41. The third kappa shape index (κ3) is 3.00. The summed E-state index contributed by atoms with van der Waals surface area (Å²) in [4.78, 5) is 16.3. The van der Waals surface area contributed by atoms with Crippen LogP contribution in [-0.2, 0) is 4.79 Å². The summed E-state index contributed by atoms with van der Waals surface area (Å²) in [7, 11) is 2.02. The molecular formula is C15H23N3O2. The second-order valence-corrected chi connectivity index (χ2v) is 5.55. The highest BCUT2D eigenvalue weighted by atomic mass is 16.3. The van der Waals surface area contributed by atoms with E-state index in [1.807, 2.05) is 37.4 Å². The topological polar surface area (TPSA) is 69.8 Å². The molecule has 1 aromatic rings. The zero-order valence-electron chi connectivity index (χ0n) is 12.1. The maximum Gasteiger partial charge on any atom is 0.270 e. The van der Waals surface area contributed by atoms with Crippen molar-refractivity contribution >= 4 is 5.91 Å². The fourth-order valence-electron chi connectivity index (χ4n) is 2.44. The molecule has 0 aromatic heterocycles. The lowest BCUT2D eigenvalue weighted by Crippen LogP contribution is -2.61. The van der Waals surface area contributed by atoms with Gasteiger partial charge in [-0.3, -0.25) is 10.5 Å². The molecule has 0 spiro atoms. The van der Waals surface area contributed by atoms with E-state index in [1.165, 1.54) is 0 Å². The maximum atomic E-state index is 12.5. The van der Waals surface area contributed by atoms with E-state index in [1.54, 1.807) is 11.8 Å². The molecule has 1 fully saturated rings. The first kappa shape index (κ1) is 15.0. The normalized spacial score (nSPS) is 21.3. The van der Waals surface area contributed by atoms with E-state index in [9.17, 15) is 9.90 Å². The van der Waals surface area contributed by atoms with Crippen LogP contribution in [0.2, 0.25) is 0 Å². The van der Waals surface area contributed by atoms with Gasteiger partial charge in [0, 0.05) is 32.1 Å². The molecular weight excluding hydrogens is 254 g/mol. The number of likely N-dealkylation sites (N-methyl/N-ethyl adjacent to an activating group) is 1. The third-order valence-corrected chi connectivity index (χ3v) is 4.09. The van der Waals surface area contributed by atoms with Gasteiger partial charge < -0.3 is 14.9 Å². The number of carbonyl (C=O) groups excluding carboxylic acids is 1. The van der Waals surface area contributed by atoms with Gasteiger partial charge >= 0.3 is 0 Å². The molecule has 1 amide bonds. The zero-order valence-corrected chi connectivity index (χ0v) is 12.1. The van der Waals surface area contributed by atoms with Crippen molar-refractivity contribution in [2.24, 2.45) is 5.73 Å². The van der Waals surface area contributed by atoms with E-state index >= 15 is 0 Å². The van der Waals surface area contributed by atoms with Crippen molar-refractivity contribution in [3.63, 3.8) is 0 Å². The van der Waals surface area contributed by atoms with Crippen LogP contribution in [0.1, 0.15) is 18.4 Å². The average Bonchev–Trinajstić information content (AvgIpc) is 2.47. The predicted molar refractivity (Wildman–Crippen MR) is 78.1 cm³/mol. The molecule has 1 aliphatic heterocycles. The van der Waals surface area contributed by atoms with Crippen LogP contribution < -0.4 is 5.73 Å². The molecule has 0 bridgehead atoms. The van der Waals surface area contributed by atoms with Gasteiger partial charge in [0.15, 0.2) is 0 Å². The largest absolute Gasteiger partial charge is 0.367 e. The number of hydrogen-bond donors (Lipinski definition) is 2. The van der Waals surface area contributed by atoms with Gasteiger partial charge in [-0.15, -0.1) is 0 Å². The molecule has 5 heteroatoms. The minimum absolute atomic E-state index is 0.387. The second kappa shape index (κ2) is 5.91. The van der Waals surface area contributed by atoms with Gasteiger partial charge in [-0.2, -0.15) is 0 Å². The van der Waals surface area contributed by atoms with Crippen molar-refractivity contribution in [3.05, 3.63) is 35.9 Å². The molecule has 2 rings (SSSR count). The Morgan fingerprint density at radius 3 is 2.35 bits per heavy atom. The van der Waals surface area contributed by atoms with Crippen molar-refractivity contribution in [1.29, 1.82) is 0 Å². The maximum absolute atomic E-state index is 12.5. The highest BCUT2D eigenvalue weighted by Crippen LogP contribution is 2.26. The number of piperazine rings is 1. The van der Waals surface area contributed by atoms with Crippen molar-refractivity contribution in [3.8, 4) is 0 Å². The molecule has 1 heterocycles. The minimum Gasteiger partial charge on any atom is -0.367 e. The first-order chi connectivity index (χ1) is 9.43. The van der Waals surface area contributed by atoms with Gasteiger partial charge in [0.25, 0.3) is 5.91 Å². The summed E-state index contributed by atoms with van der Waals surface area (Å²) in [6, 6.07) is 9.40. The Hall–Kier alpha value is -1.43. The van der Waals surface area contributed by atoms with Crippen LogP contribution in [0.15, 0.2) is 30.3 Å². The number of nitrogens with zero attached hydrogens (tertiary/aromatic N) is 2. The summed E-state index contributed by atoms with van der Waals surface area (Å²) >= 11 is 0. The van der Waals surface area contributed by atoms with E-state index in [4.69, 9.17) is 5.73 Å². The molecule has 1 aliphatic rings. The summed E-state index contributed by atoms with van der Waals surface area (Å²) in [5.41, 5.74) is 4.95. The van der Waals surface area contributed by atoms with Crippen molar-refractivity contribution in [2.45, 2.75) is 18.6 Å². The summed E-state index contributed by atoms with van der Waals surface area (Å²) < 4.78 is 0. The van der Waals surface area contributed by atoms with E-state index in [0.717, 1.165) is 18.7 Å². The van der Waals surface area contributed by atoms with Crippen LogP contribution in [0.4, 0.5) is 0 Å². The summed E-state index contributed by atoms with van der Waals surface area (Å²) in [6.07, 6.45) is 0. The fourth-order valence-corrected chi connectivity index (χ4v) is 2.44. The molecule has 0 saturated carbocycles. The molecule has 0 aliphatic carbocycles. The van der Waals surface area contributed by atoms with Gasteiger partial charge in [-0.25, -0.2) is 0 Å². The van der Waals surface area contributed by atoms with Crippen LogP contribution in [0.25, 0.3) is 0 Å². The molecule has 1 aromatic carbocycles. The molecule has 20 heavy (non-hydrogen) atoms. The Morgan fingerprint density at radius 2 is 1.80 bits per heavy atom. The van der Waals surface area contributed by atoms with Crippen molar-refractivity contribution in [1.82, 2.24) is 9.80 Å². The molecule has 0 unspecified atom stereocenters. The number of benzene rings is 1. The number of aliphatic hydroxyl groups is 1. The Balaban J connectivity index is 2.11. The lowest BCUT2D eigenvalue weighted by Gasteiger charge is -2.38. The van der Waals surface area contributed by atoms with Gasteiger partial charge in [-0.05, 0) is 12.6 Å². The Bertz CT molecular complexity index is 453. The van der Waals surface area contributed by atoms with Gasteiger partial charge in [0.1, 0.15) is 0 Å². The fraction of sp³-hybridized carbons (Fsp3) is 0.533. The number of amides is 1. The quantitative estimate of drug-likeness (QED) is 0.775. The lowest BCUT2D eigenvalue weighted by atomic mass is 9.89. The summed E-state index contributed by atoms with van der Waals surface area (Å²) in [6.45, 7) is 4.61. The number of rotatable bonds is 3. The molecule has 0 radical (unpaired) electrons. The van der Waals surface area contributed by atoms with E-state index in [2.05, 4.69) is 4.90 Å². The summed E-state index contributed by atoms with van der Waals surface area (Å²) in [5, 5.41) is 10.5. The van der Waals surface area contributed by atoms with Gasteiger partial charge in [0.2, 0.25) is 5.72 Å². The van der Waals surface area contributed by atoms with E-state index in [0.29, 0.717) is 13.1 Å². The van der Waals surface area contributed by atoms with Crippen LogP contribution in [-0.4, -0.2) is 59.8 Å². The van der Waals surface area contributed by atoms with E-state index in [-0.39, 0.29) is 5.91 Å². The molecule has 110 valence electrons. The standard InChI is InChI=1S/C15H23N3O2/c1-12(13-6-4-3-5-7-13)15(16,20)14(19)18-10-8-17(2)9-11-18/h3-7,12,20H,8-11,16H2,1-2H3/t12-,15+/m0/s1. The highest BCUT2D eigenvalue weighted by molar-refractivity contribution is 5.85. The minimum atomic E-state index is -1.86. The Kier molecular flexibility index (Phi) is 4.42. The summed E-state index contributed by atoms with van der Waals surface area (Å²) in [5.74, 6) is -0.835. The molecule has 2 atom stereocenters. The lowest BCUT2D eigenvalue weighted by molar-refractivity contribution is -0.154. The van der Waals surface area contributed by atoms with Crippen molar-refractivity contribution < 1.29 is 9.90 Å². The smallest absolute Gasteiger partial charge is 0.270 e. The first-order valence-corrected chi connectivity index (χ1v) is 6.97. The predicted octanol–water partition coefficient (Wildman–Crippen LogP) is 0.211. The molecule has 3 N–H and O–H groups in total. The number of hydrogen-bond acceptors (Lipinski definition) is 4. The SMILES string of the molecule is C[C@@H](c1ccccc1)[C@@](N)(O)C(=O)N1CCN(C)CC1. The second-order valence-electron chi connectivity index (χ2n) is 5.55. The van der Waals surface area contributed by atoms with Gasteiger partial charge in [-0.1, -0.05) is 37.3 Å². The first-order valence-electron chi connectivity index (χ1n) is 6.97.